The second-order valence-electron chi connectivity index (χ2n) is 6.18. The van der Waals surface area contributed by atoms with Crippen LogP contribution in [0.4, 0.5) is 4.39 Å². The Morgan fingerprint density at radius 1 is 1.20 bits per heavy atom. The molecule has 0 N–H and O–H groups in total. The topological polar surface area (TPSA) is 66.2 Å². The number of para-hydroxylation sites is 1. The van der Waals surface area contributed by atoms with Crippen molar-refractivity contribution in [1.82, 2.24) is 14.8 Å². The Morgan fingerprint density at radius 2 is 1.93 bits per heavy atom. The van der Waals surface area contributed by atoms with Crippen LogP contribution in [-0.4, -0.2) is 27.3 Å². The summed E-state index contributed by atoms with van der Waals surface area (Å²) in [6.45, 7) is 6.26. The fraction of sp³-hybridized carbons (Fsp3) is 0.227. The minimum atomic E-state index is -0.598. The molecular weight excluding hydrogens is 405 g/mol. The van der Waals surface area contributed by atoms with Gasteiger partial charge in [0.1, 0.15) is 11.9 Å². The molecule has 0 aliphatic heterocycles. The van der Waals surface area contributed by atoms with Crippen LogP contribution in [0.3, 0.4) is 0 Å². The molecule has 1 heterocycles. The van der Waals surface area contributed by atoms with Crippen molar-refractivity contribution in [3.8, 4) is 5.75 Å². The number of esters is 1. The van der Waals surface area contributed by atoms with Crippen LogP contribution in [0.5, 0.6) is 5.75 Å². The second-order valence-corrected chi connectivity index (χ2v) is 7.25. The van der Waals surface area contributed by atoms with Crippen LogP contribution in [0, 0.1) is 5.82 Å². The van der Waals surface area contributed by atoms with Crippen molar-refractivity contribution in [1.29, 1.82) is 0 Å². The first kappa shape index (κ1) is 21.6. The number of rotatable bonds is 10. The molecule has 8 heteroatoms. The highest BCUT2D eigenvalue weighted by Crippen LogP contribution is 2.35. The highest BCUT2D eigenvalue weighted by molar-refractivity contribution is 8.00. The smallest absolute Gasteiger partial charge is 0.324 e. The molecule has 1 atom stereocenters. The first-order valence-electron chi connectivity index (χ1n) is 9.42. The molecule has 0 saturated carbocycles. The van der Waals surface area contributed by atoms with Crippen LogP contribution in [0.15, 0.2) is 72.4 Å². The van der Waals surface area contributed by atoms with Gasteiger partial charge in [0.15, 0.2) is 22.5 Å². The van der Waals surface area contributed by atoms with Gasteiger partial charge in [0.25, 0.3) is 0 Å². The van der Waals surface area contributed by atoms with Gasteiger partial charge in [-0.3, -0.25) is 9.36 Å². The van der Waals surface area contributed by atoms with E-state index in [1.165, 1.54) is 17.8 Å². The number of benzene rings is 2. The lowest BCUT2D eigenvalue weighted by Gasteiger charge is -2.16. The third kappa shape index (κ3) is 5.27. The molecule has 2 aromatic carbocycles. The van der Waals surface area contributed by atoms with Crippen LogP contribution in [0.1, 0.15) is 23.6 Å². The first-order chi connectivity index (χ1) is 14.6. The Hall–Kier alpha value is -3.13. The Morgan fingerprint density at radius 3 is 2.63 bits per heavy atom. The van der Waals surface area contributed by atoms with E-state index in [1.807, 2.05) is 30.3 Å². The number of carbonyl (C=O) groups excluding carboxylic acids is 1. The summed E-state index contributed by atoms with van der Waals surface area (Å²) in [5, 5.41) is 8.32. The second kappa shape index (κ2) is 10.6. The number of hydrogen-bond acceptors (Lipinski definition) is 6. The Bertz CT molecular complexity index is 994. The molecule has 6 nitrogen and oxygen atoms in total. The molecular formula is C22H22FN3O3S. The Kier molecular flexibility index (Phi) is 7.62. The minimum absolute atomic E-state index is 0.0255. The molecule has 0 bridgehead atoms. The molecule has 0 aliphatic rings. The fourth-order valence-corrected chi connectivity index (χ4v) is 3.80. The molecule has 3 rings (SSSR count). The van der Waals surface area contributed by atoms with E-state index in [0.717, 1.165) is 5.56 Å². The zero-order chi connectivity index (χ0) is 21.3. The fourth-order valence-electron chi connectivity index (χ4n) is 2.73. The summed E-state index contributed by atoms with van der Waals surface area (Å²) in [6.07, 6.45) is 1.70. The zero-order valence-corrected chi connectivity index (χ0v) is 17.3. The molecule has 156 valence electrons. The Balaban J connectivity index is 1.84. The quantitative estimate of drug-likeness (QED) is 0.268. The average molecular weight is 428 g/mol. The Labute approximate surface area is 178 Å². The summed E-state index contributed by atoms with van der Waals surface area (Å²) in [5.41, 5.74) is 0.804. The SMILES string of the molecule is C=CCn1c(COc2ccccc2F)nnc1SC(C(=O)OCC)c1ccccc1. The predicted octanol–water partition coefficient (Wildman–Crippen LogP) is 4.58. The van der Waals surface area contributed by atoms with E-state index in [-0.39, 0.29) is 24.9 Å². The van der Waals surface area contributed by atoms with E-state index < -0.39 is 11.1 Å². The van der Waals surface area contributed by atoms with E-state index in [9.17, 15) is 9.18 Å². The number of thioether (sulfide) groups is 1. The third-order valence-corrected chi connectivity index (χ3v) is 5.34. The summed E-state index contributed by atoms with van der Waals surface area (Å²) >= 11 is 1.24. The lowest BCUT2D eigenvalue weighted by atomic mass is 10.1. The van der Waals surface area contributed by atoms with Crippen molar-refractivity contribution in [2.24, 2.45) is 0 Å². The van der Waals surface area contributed by atoms with Gasteiger partial charge in [0.2, 0.25) is 0 Å². The van der Waals surface area contributed by atoms with Crippen molar-refractivity contribution >= 4 is 17.7 Å². The van der Waals surface area contributed by atoms with E-state index in [2.05, 4.69) is 16.8 Å². The van der Waals surface area contributed by atoms with Gasteiger partial charge in [0.05, 0.1) is 6.61 Å². The van der Waals surface area contributed by atoms with Crippen molar-refractivity contribution < 1.29 is 18.7 Å². The van der Waals surface area contributed by atoms with Gasteiger partial charge in [-0.15, -0.1) is 16.8 Å². The molecule has 30 heavy (non-hydrogen) atoms. The van der Waals surface area contributed by atoms with Gasteiger partial charge in [-0.25, -0.2) is 4.39 Å². The lowest BCUT2D eigenvalue weighted by molar-refractivity contribution is -0.142. The molecule has 0 spiro atoms. The normalized spacial score (nSPS) is 11.7. The van der Waals surface area contributed by atoms with Crippen LogP contribution in [0.25, 0.3) is 0 Å². The maximum Gasteiger partial charge on any atom is 0.324 e. The van der Waals surface area contributed by atoms with Gasteiger partial charge < -0.3 is 9.47 Å². The van der Waals surface area contributed by atoms with Crippen LogP contribution in [-0.2, 0) is 22.7 Å². The molecule has 3 aromatic rings. The average Bonchev–Trinajstić information content (AvgIpc) is 3.14. The van der Waals surface area contributed by atoms with Crippen LogP contribution < -0.4 is 4.74 Å². The van der Waals surface area contributed by atoms with E-state index in [1.54, 1.807) is 35.8 Å². The van der Waals surface area contributed by atoms with Crippen molar-refractivity contribution in [3.63, 3.8) is 0 Å². The molecule has 0 amide bonds. The molecule has 0 saturated heterocycles. The number of carbonyl (C=O) groups is 1. The van der Waals surface area contributed by atoms with Crippen molar-refractivity contribution in [2.75, 3.05) is 6.61 Å². The number of allylic oxidation sites excluding steroid dienone is 1. The monoisotopic (exact) mass is 427 g/mol. The summed E-state index contributed by atoms with van der Waals surface area (Å²) in [7, 11) is 0. The minimum Gasteiger partial charge on any atom is -0.483 e. The molecule has 0 fully saturated rings. The number of halogens is 1. The zero-order valence-electron chi connectivity index (χ0n) is 16.5. The first-order valence-corrected chi connectivity index (χ1v) is 10.3. The van der Waals surface area contributed by atoms with E-state index >= 15 is 0 Å². The molecule has 1 aromatic heterocycles. The number of aromatic nitrogens is 3. The van der Waals surface area contributed by atoms with Crippen molar-refractivity contribution in [2.45, 2.75) is 30.5 Å². The summed E-state index contributed by atoms with van der Waals surface area (Å²) in [4.78, 5) is 12.6. The summed E-state index contributed by atoms with van der Waals surface area (Å²) < 4.78 is 26.4. The lowest BCUT2D eigenvalue weighted by Crippen LogP contribution is -2.15. The number of nitrogens with zero attached hydrogens (tertiary/aromatic N) is 3. The standard InChI is InChI=1S/C22H22FN3O3S/c1-3-14-26-19(15-29-18-13-9-8-12-17(18)23)24-25-22(26)30-20(21(27)28-4-2)16-10-6-5-7-11-16/h3,5-13,20H,1,4,14-15H2,2H3. The van der Waals surface area contributed by atoms with Gasteiger partial charge in [0, 0.05) is 6.54 Å². The number of hydrogen-bond donors (Lipinski definition) is 0. The predicted molar refractivity (Wildman–Crippen MR) is 113 cm³/mol. The largest absolute Gasteiger partial charge is 0.483 e. The van der Waals surface area contributed by atoms with Crippen molar-refractivity contribution in [3.05, 3.63) is 84.5 Å². The maximum atomic E-state index is 13.8. The summed E-state index contributed by atoms with van der Waals surface area (Å²) in [5.74, 6) is -0.177. The number of ether oxygens (including phenoxy) is 2. The maximum absolute atomic E-state index is 13.8. The van der Waals surface area contributed by atoms with Gasteiger partial charge >= 0.3 is 5.97 Å². The van der Waals surface area contributed by atoms with E-state index in [4.69, 9.17) is 9.47 Å². The molecule has 0 aliphatic carbocycles. The highest BCUT2D eigenvalue weighted by atomic mass is 32.2. The third-order valence-electron chi connectivity index (χ3n) is 4.12. The van der Waals surface area contributed by atoms with Gasteiger partial charge in [-0.1, -0.05) is 60.3 Å². The van der Waals surface area contributed by atoms with Gasteiger partial charge in [-0.05, 0) is 24.6 Å². The summed E-state index contributed by atoms with van der Waals surface area (Å²) in [6, 6.07) is 15.5. The highest BCUT2D eigenvalue weighted by Gasteiger charge is 2.26. The molecule has 0 radical (unpaired) electrons. The van der Waals surface area contributed by atoms with Crippen LogP contribution in [0.2, 0.25) is 0 Å². The van der Waals surface area contributed by atoms with Gasteiger partial charge in [-0.2, -0.15) is 0 Å². The van der Waals surface area contributed by atoms with E-state index in [0.29, 0.717) is 17.5 Å². The van der Waals surface area contributed by atoms with Crippen LogP contribution >= 0.6 is 11.8 Å². The molecule has 1 unspecified atom stereocenters.